The van der Waals surface area contributed by atoms with Gasteiger partial charge in [0.2, 0.25) is 0 Å². The lowest BCUT2D eigenvalue weighted by Gasteiger charge is -2.27. The monoisotopic (exact) mass is 572 g/mol. The SMILES string of the molecule is Cc1cc2nccc(Sc3cnc(N4C(CCc5ccccc5)=CSC4N)c(Oc4ccc(F)cc4)c3)c2s1. The molecular formula is C30H25FN4OS3. The summed E-state index contributed by atoms with van der Waals surface area (Å²) in [7, 11) is 0. The van der Waals surface area contributed by atoms with Crippen molar-refractivity contribution in [3.63, 3.8) is 0 Å². The van der Waals surface area contributed by atoms with Gasteiger partial charge in [-0.15, -0.1) is 11.3 Å². The molecule has 0 aliphatic carbocycles. The van der Waals surface area contributed by atoms with Crippen molar-refractivity contribution in [2.75, 3.05) is 4.90 Å². The topological polar surface area (TPSA) is 64.3 Å². The molecule has 4 heterocycles. The van der Waals surface area contributed by atoms with Gasteiger partial charge >= 0.3 is 0 Å². The Bertz CT molecular complexity index is 1640. The fourth-order valence-electron chi connectivity index (χ4n) is 4.38. The first-order chi connectivity index (χ1) is 19.0. The van der Waals surface area contributed by atoms with E-state index in [1.54, 1.807) is 47.0 Å². The molecule has 2 aromatic carbocycles. The molecule has 0 saturated carbocycles. The molecule has 0 bridgehead atoms. The van der Waals surface area contributed by atoms with E-state index in [-0.39, 0.29) is 11.3 Å². The maximum Gasteiger partial charge on any atom is 0.178 e. The average Bonchev–Trinajstić information content (AvgIpc) is 3.51. The van der Waals surface area contributed by atoms with Crippen molar-refractivity contribution in [3.05, 3.63) is 113 Å². The van der Waals surface area contributed by atoms with Crippen molar-refractivity contribution in [2.45, 2.75) is 35.1 Å². The second-order valence-corrected chi connectivity index (χ2v) is 12.4. The number of halogens is 1. The first-order valence-electron chi connectivity index (χ1n) is 12.4. The predicted octanol–water partition coefficient (Wildman–Crippen LogP) is 8.35. The van der Waals surface area contributed by atoms with E-state index in [9.17, 15) is 4.39 Å². The third kappa shape index (κ3) is 5.81. The summed E-state index contributed by atoms with van der Waals surface area (Å²) in [6.07, 6.45) is 5.38. The van der Waals surface area contributed by atoms with Gasteiger partial charge in [0.15, 0.2) is 11.6 Å². The highest BCUT2D eigenvalue weighted by atomic mass is 32.2. The normalized spacial score (nSPS) is 15.1. The minimum Gasteiger partial charge on any atom is -0.453 e. The van der Waals surface area contributed by atoms with Crippen molar-refractivity contribution in [1.29, 1.82) is 0 Å². The third-order valence-corrected chi connectivity index (χ3v) is 9.34. The molecule has 196 valence electrons. The molecular weight excluding hydrogens is 548 g/mol. The van der Waals surface area contributed by atoms with Gasteiger partial charge in [0.05, 0.1) is 10.2 Å². The summed E-state index contributed by atoms with van der Waals surface area (Å²) in [5, 5.41) is 2.10. The Hall–Kier alpha value is -3.37. The number of nitrogens with zero attached hydrogens (tertiary/aromatic N) is 3. The Kier molecular flexibility index (Phi) is 7.56. The zero-order valence-electron chi connectivity index (χ0n) is 21.1. The number of aromatic nitrogens is 2. The lowest BCUT2D eigenvalue weighted by Crippen LogP contribution is -2.36. The first-order valence-corrected chi connectivity index (χ1v) is 15.0. The zero-order chi connectivity index (χ0) is 26.8. The molecule has 0 saturated heterocycles. The number of hydrogen-bond acceptors (Lipinski definition) is 8. The van der Waals surface area contributed by atoms with Crippen LogP contribution in [-0.4, -0.2) is 15.5 Å². The molecule has 6 rings (SSSR count). The van der Waals surface area contributed by atoms with E-state index in [4.69, 9.17) is 15.5 Å². The van der Waals surface area contributed by atoms with E-state index in [0.29, 0.717) is 17.3 Å². The number of ether oxygens (including phenoxy) is 1. The van der Waals surface area contributed by atoms with E-state index in [1.807, 2.05) is 35.5 Å². The lowest BCUT2D eigenvalue weighted by atomic mass is 10.1. The Balaban J connectivity index is 1.34. The van der Waals surface area contributed by atoms with Gasteiger partial charge in [0.1, 0.15) is 17.1 Å². The molecule has 1 aliphatic heterocycles. The van der Waals surface area contributed by atoms with E-state index < -0.39 is 0 Å². The smallest absolute Gasteiger partial charge is 0.178 e. The van der Waals surface area contributed by atoms with Gasteiger partial charge in [0, 0.05) is 38.8 Å². The van der Waals surface area contributed by atoms with Gasteiger partial charge < -0.3 is 15.4 Å². The van der Waals surface area contributed by atoms with Crippen molar-refractivity contribution in [3.8, 4) is 11.5 Å². The molecule has 9 heteroatoms. The van der Waals surface area contributed by atoms with Crippen molar-refractivity contribution < 1.29 is 9.13 Å². The molecule has 5 nitrogen and oxygen atoms in total. The minimum atomic E-state index is -0.328. The van der Waals surface area contributed by atoms with Crippen LogP contribution >= 0.6 is 34.9 Å². The highest BCUT2D eigenvalue weighted by molar-refractivity contribution is 8.03. The van der Waals surface area contributed by atoms with E-state index in [1.165, 1.54) is 22.6 Å². The zero-order valence-corrected chi connectivity index (χ0v) is 23.5. The van der Waals surface area contributed by atoms with E-state index >= 15 is 0 Å². The standard InChI is InChI=1S/C30H25FN4OS3/c1-19-15-25-28(38-19)27(13-14-33-25)39-24-16-26(36-23-11-8-21(31)9-12-23)29(34-17-24)35-22(18-37-30(35)32)10-7-20-5-3-2-4-6-20/h2-6,8-9,11-18,30H,7,10,32H2,1H3. The summed E-state index contributed by atoms with van der Waals surface area (Å²) in [5.41, 5.74) is 9.57. The third-order valence-electron chi connectivity index (χ3n) is 6.22. The summed E-state index contributed by atoms with van der Waals surface area (Å²) < 4.78 is 21.1. The summed E-state index contributed by atoms with van der Waals surface area (Å²) in [6.45, 7) is 2.09. The minimum absolute atomic E-state index is 0.318. The lowest BCUT2D eigenvalue weighted by molar-refractivity contribution is 0.475. The highest BCUT2D eigenvalue weighted by Gasteiger charge is 2.29. The maximum atomic E-state index is 13.6. The van der Waals surface area contributed by atoms with E-state index in [2.05, 4.69) is 47.6 Å². The summed E-state index contributed by atoms with van der Waals surface area (Å²) in [4.78, 5) is 14.7. The second kappa shape index (κ2) is 11.4. The largest absolute Gasteiger partial charge is 0.453 e. The van der Waals surface area contributed by atoms with Gasteiger partial charge in [0.25, 0.3) is 0 Å². The summed E-state index contributed by atoms with van der Waals surface area (Å²) in [5.74, 6) is 1.40. The molecule has 2 N–H and O–H groups in total. The number of nitrogens with two attached hydrogens (primary N) is 1. The molecule has 0 radical (unpaired) electrons. The van der Waals surface area contributed by atoms with Gasteiger partial charge in [-0.2, -0.15) is 0 Å². The van der Waals surface area contributed by atoms with Gasteiger partial charge in [-0.25, -0.2) is 9.37 Å². The quantitative estimate of drug-likeness (QED) is 0.200. The number of fused-ring (bicyclic) bond motifs is 1. The number of allylic oxidation sites excluding steroid dienone is 1. The number of benzene rings is 2. The van der Waals surface area contributed by atoms with Crippen molar-refractivity contribution in [1.82, 2.24) is 9.97 Å². The van der Waals surface area contributed by atoms with Crippen LogP contribution in [-0.2, 0) is 6.42 Å². The number of thiophene rings is 1. The number of hydrogen-bond donors (Lipinski definition) is 1. The second-order valence-electron chi connectivity index (χ2n) is 9.02. The summed E-state index contributed by atoms with van der Waals surface area (Å²) in [6, 6.07) is 22.5. The van der Waals surface area contributed by atoms with Crippen molar-refractivity contribution in [2.24, 2.45) is 5.73 Å². The van der Waals surface area contributed by atoms with Crippen LogP contribution in [0.15, 0.2) is 106 Å². The number of rotatable bonds is 8. The fraction of sp³-hybridized carbons (Fsp3) is 0.133. The average molecular weight is 573 g/mol. The Morgan fingerprint density at radius 3 is 2.67 bits per heavy atom. The number of anilines is 1. The predicted molar refractivity (Wildman–Crippen MR) is 160 cm³/mol. The molecule has 1 atom stereocenters. The van der Waals surface area contributed by atoms with E-state index in [0.717, 1.165) is 38.5 Å². The van der Waals surface area contributed by atoms with Crippen LogP contribution in [0.5, 0.6) is 11.5 Å². The molecule has 1 aliphatic rings. The Labute approximate surface area is 238 Å². The first kappa shape index (κ1) is 25.9. The maximum absolute atomic E-state index is 13.6. The van der Waals surface area contributed by atoms with Crippen LogP contribution in [0.3, 0.4) is 0 Å². The Morgan fingerprint density at radius 1 is 1.03 bits per heavy atom. The van der Waals surface area contributed by atoms with Crippen LogP contribution < -0.4 is 15.4 Å². The van der Waals surface area contributed by atoms with Gasteiger partial charge in [-0.3, -0.25) is 4.98 Å². The molecule has 39 heavy (non-hydrogen) atoms. The number of aryl methyl sites for hydroxylation is 2. The van der Waals surface area contributed by atoms with Crippen LogP contribution in [0.1, 0.15) is 16.9 Å². The summed E-state index contributed by atoms with van der Waals surface area (Å²) >= 11 is 4.90. The van der Waals surface area contributed by atoms with Crippen LogP contribution in [0.2, 0.25) is 0 Å². The fourth-order valence-corrected chi connectivity index (χ4v) is 7.25. The molecule has 0 spiro atoms. The van der Waals surface area contributed by atoms with Gasteiger partial charge in [-0.05, 0) is 67.1 Å². The number of pyridine rings is 2. The van der Waals surface area contributed by atoms with Crippen LogP contribution in [0, 0.1) is 12.7 Å². The Morgan fingerprint density at radius 2 is 1.85 bits per heavy atom. The molecule has 5 aromatic rings. The highest BCUT2D eigenvalue weighted by Crippen LogP contribution is 2.43. The molecule has 0 fully saturated rings. The van der Waals surface area contributed by atoms with Crippen molar-refractivity contribution >= 4 is 50.9 Å². The number of thioether (sulfide) groups is 1. The van der Waals surface area contributed by atoms with Crippen LogP contribution in [0.4, 0.5) is 10.2 Å². The van der Waals surface area contributed by atoms with Gasteiger partial charge in [-0.1, -0.05) is 53.9 Å². The molecule has 3 aromatic heterocycles. The van der Waals surface area contributed by atoms with Crippen LogP contribution in [0.25, 0.3) is 10.2 Å². The molecule has 0 amide bonds. The molecule has 1 unspecified atom stereocenters.